The Labute approximate surface area is 107 Å². The van der Waals surface area contributed by atoms with Gasteiger partial charge in [0.25, 0.3) is 0 Å². The normalized spacial score (nSPS) is 18.1. The number of amides is 2. The van der Waals surface area contributed by atoms with Crippen molar-refractivity contribution in [2.75, 3.05) is 20.3 Å². The lowest BCUT2D eigenvalue weighted by Crippen LogP contribution is -2.58. The Morgan fingerprint density at radius 1 is 1.28 bits per heavy atom. The zero-order valence-corrected chi connectivity index (χ0v) is 10.8. The molecule has 1 aliphatic rings. The van der Waals surface area contributed by atoms with Crippen molar-refractivity contribution < 1.29 is 19.4 Å². The number of ether oxygens (including phenoxy) is 1. The van der Waals surface area contributed by atoms with Crippen molar-refractivity contribution in [3.8, 4) is 0 Å². The van der Waals surface area contributed by atoms with Crippen LogP contribution in [0.1, 0.15) is 38.5 Å². The van der Waals surface area contributed by atoms with E-state index < -0.39 is 17.5 Å². The fourth-order valence-corrected chi connectivity index (χ4v) is 2.23. The molecule has 18 heavy (non-hydrogen) atoms. The number of carboxylic acids is 1. The van der Waals surface area contributed by atoms with Crippen molar-refractivity contribution in [2.24, 2.45) is 0 Å². The number of carbonyl (C=O) groups is 2. The van der Waals surface area contributed by atoms with Crippen LogP contribution in [0.4, 0.5) is 4.79 Å². The lowest BCUT2D eigenvalue weighted by molar-refractivity contribution is -0.145. The van der Waals surface area contributed by atoms with Crippen LogP contribution in [0.3, 0.4) is 0 Å². The molecule has 0 atom stereocenters. The molecular weight excluding hydrogens is 236 g/mol. The van der Waals surface area contributed by atoms with E-state index in [1.165, 1.54) is 0 Å². The molecule has 1 fully saturated rings. The first-order chi connectivity index (χ1) is 8.60. The van der Waals surface area contributed by atoms with Crippen LogP contribution in [0.5, 0.6) is 0 Å². The van der Waals surface area contributed by atoms with Gasteiger partial charge < -0.3 is 20.5 Å². The third-order valence-electron chi connectivity index (χ3n) is 3.28. The van der Waals surface area contributed by atoms with Crippen LogP contribution in [0.25, 0.3) is 0 Å². The summed E-state index contributed by atoms with van der Waals surface area (Å²) < 4.78 is 4.87. The van der Waals surface area contributed by atoms with Gasteiger partial charge in [0.15, 0.2) is 0 Å². The van der Waals surface area contributed by atoms with E-state index in [1.54, 1.807) is 7.11 Å². The van der Waals surface area contributed by atoms with Crippen molar-refractivity contribution in [1.29, 1.82) is 0 Å². The van der Waals surface area contributed by atoms with Crippen LogP contribution < -0.4 is 10.6 Å². The molecule has 1 rings (SSSR count). The highest BCUT2D eigenvalue weighted by molar-refractivity contribution is 5.86. The summed E-state index contributed by atoms with van der Waals surface area (Å²) in [6, 6.07) is -0.407. The maximum atomic E-state index is 11.7. The van der Waals surface area contributed by atoms with Gasteiger partial charge in [0, 0.05) is 20.3 Å². The van der Waals surface area contributed by atoms with Gasteiger partial charge in [0.05, 0.1) is 0 Å². The molecule has 3 N–H and O–H groups in total. The first kappa shape index (κ1) is 14.8. The predicted octanol–water partition coefficient (Wildman–Crippen LogP) is 1.11. The van der Waals surface area contributed by atoms with E-state index in [9.17, 15) is 14.7 Å². The fraction of sp³-hybridized carbons (Fsp3) is 0.833. The first-order valence-electron chi connectivity index (χ1n) is 6.39. The van der Waals surface area contributed by atoms with Gasteiger partial charge >= 0.3 is 12.0 Å². The second kappa shape index (κ2) is 7.20. The largest absolute Gasteiger partial charge is 0.480 e. The molecule has 0 unspecified atom stereocenters. The molecule has 0 radical (unpaired) electrons. The fourth-order valence-electron chi connectivity index (χ4n) is 2.23. The SMILES string of the molecule is COCCCNC(=O)NC1(C(=O)O)CCCCC1. The van der Waals surface area contributed by atoms with Crippen LogP contribution >= 0.6 is 0 Å². The van der Waals surface area contributed by atoms with E-state index in [2.05, 4.69) is 10.6 Å². The quantitative estimate of drug-likeness (QED) is 0.623. The highest BCUT2D eigenvalue weighted by Gasteiger charge is 2.40. The number of hydrogen-bond acceptors (Lipinski definition) is 3. The molecule has 1 aliphatic carbocycles. The van der Waals surface area contributed by atoms with Gasteiger partial charge in [0.1, 0.15) is 5.54 Å². The zero-order chi connectivity index (χ0) is 13.4. The monoisotopic (exact) mass is 258 g/mol. The number of carbonyl (C=O) groups excluding carboxylic acids is 1. The summed E-state index contributed by atoms with van der Waals surface area (Å²) in [5.74, 6) is -0.936. The van der Waals surface area contributed by atoms with Gasteiger partial charge in [-0.1, -0.05) is 19.3 Å². The molecule has 104 valence electrons. The third kappa shape index (κ3) is 4.18. The maximum absolute atomic E-state index is 11.7. The molecular formula is C12H22N2O4. The average molecular weight is 258 g/mol. The lowest BCUT2D eigenvalue weighted by Gasteiger charge is -2.33. The van der Waals surface area contributed by atoms with Crippen LogP contribution in [-0.4, -0.2) is 42.9 Å². The summed E-state index contributed by atoms with van der Waals surface area (Å²) in [5, 5.41) is 14.6. The van der Waals surface area contributed by atoms with Crippen LogP contribution in [-0.2, 0) is 9.53 Å². The smallest absolute Gasteiger partial charge is 0.329 e. The van der Waals surface area contributed by atoms with Gasteiger partial charge in [-0.05, 0) is 19.3 Å². The Bertz CT molecular complexity index is 288. The van der Waals surface area contributed by atoms with Gasteiger partial charge in [0.2, 0.25) is 0 Å². The topological polar surface area (TPSA) is 87.7 Å². The van der Waals surface area contributed by atoms with Gasteiger partial charge in [-0.3, -0.25) is 0 Å². The molecule has 0 saturated heterocycles. The number of hydrogen-bond donors (Lipinski definition) is 3. The molecule has 1 saturated carbocycles. The number of carboxylic acid groups (broad SMARTS) is 1. The van der Waals surface area contributed by atoms with E-state index >= 15 is 0 Å². The Balaban J connectivity index is 2.41. The molecule has 0 aromatic carbocycles. The molecule has 0 heterocycles. The summed E-state index contributed by atoms with van der Waals surface area (Å²) in [6.45, 7) is 1.06. The Morgan fingerprint density at radius 2 is 1.94 bits per heavy atom. The summed E-state index contributed by atoms with van der Waals surface area (Å²) in [5.41, 5.74) is -1.08. The van der Waals surface area contributed by atoms with Crippen molar-refractivity contribution in [3.63, 3.8) is 0 Å². The maximum Gasteiger partial charge on any atom is 0.329 e. The van der Waals surface area contributed by atoms with Crippen molar-refractivity contribution in [3.05, 3.63) is 0 Å². The zero-order valence-electron chi connectivity index (χ0n) is 10.8. The predicted molar refractivity (Wildman–Crippen MR) is 66.5 cm³/mol. The minimum Gasteiger partial charge on any atom is -0.480 e. The average Bonchev–Trinajstić information content (AvgIpc) is 2.35. The standard InChI is InChI=1S/C12H22N2O4/c1-18-9-5-8-13-11(17)14-12(10(15)16)6-3-2-4-7-12/h2-9H2,1H3,(H,15,16)(H2,13,14,17). The number of urea groups is 1. The van der Waals surface area contributed by atoms with Crippen molar-refractivity contribution >= 4 is 12.0 Å². The van der Waals surface area contributed by atoms with Crippen LogP contribution in [0.15, 0.2) is 0 Å². The van der Waals surface area contributed by atoms with E-state index in [4.69, 9.17) is 4.74 Å². The first-order valence-corrected chi connectivity index (χ1v) is 6.39. The van der Waals surface area contributed by atoms with Crippen molar-refractivity contribution in [1.82, 2.24) is 10.6 Å². The molecule has 2 amide bonds. The Hall–Kier alpha value is -1.30. The number of rotatable bonds is 6. The molecule has 0 aromatic rings. The van der Waals surface area contributed by atoms with Gasteiger partial charge in [-0.15, -0.1) is 0 Å². The molecule has 0 aliphatic heterocycles. The lowest BCUT2D eigenvalue weighted by atomic mass is 9.82. The Morgan fingerprint density at radius 3 is 2.50 bits per heavy atom. The molecule has 0 aromatic heterocycles. The van der Waals surface area contributed by atoms with Crippen LogP contribution in [0.2, 0.25) is 0 Å². The molecule has 0 bridgehead atoms. The summed E-state index contributed by atoms with van der Waals surface area (Å²) in [7, 11) is 1.60. The number of aliphatic carboxylic acids is 1. The van der Waals surface area contributed by atoms with Gasteiger partial charge in [-0.25, -0.2) is 9.59 Å². The number of methoxy groups -OCH3 is 1. The molecule has 6 heteroatoms. The summed E-state index contributed by atoms with van der Waals surface area (Å²) in [6.07, 6.45) is 4.45. The van der Waals surface area contributed by atoms with Gasteiger partial charge in [-0.2, -0.15) is 0 Å². The van der Waals surface area contributed by atoms with Crippen molar-refractivity contribution in [2.45, 2.75) is 44.1 Å². The molecule has 6 nitrogen and oxygen atoms in total. The highest BCUT2D eigenvalue weighted by Crippen LogP contribution is 2.28. The van der Waals surface area contributed by atoms with E-state index in [0.29, 0.717) is 32.4 Å². The van der Waals surface area contributed by atoms with E-state index in [-0.39, 0.29) is 0 Å². The summed E-state index contributed by atoms with van der Waals surface area (Å²) >= 11 is 0. The second-order valence-corrected chi connectivity index (χ2v) is 4.68. The van der Waals surface area contributed by atoms with E-state index in [0.717, 1.165) is 19.3 Å². The minimum absolute atomic E-state index is 0.407. The second-order valence-electron chi connectivity index (χ2n) is 4.68. The highest BCUT2D eigenvalue weighted by atomic mass is 16.5. The van der Waals surface area contributed by atoms with Crippen LogP contribution in [0, 0.1) is 0 Å². The third-order valence-corrected chi connectivity index (χ3v) is 3.28. The minimum atomic E-state index is -1.08. The van der Waals surface area contributed by atoms with E-state index in [1.807, 2.05) is 0 Å². The number of nitrogens with one attached hydrogen (secondary N) is 2. The molecule has 0 spiro atoms. The Kier molecular flexibility index (Phi) is 5.91. The summed E-state index contributed by atoms with van der Waals surface area (Å²) in [4.78, 5) is 23.0.